The number of imidazole rings is 1. The number of hydrogen-bond donors (Lipinski definition) is 1. The van der Waals surface area contributed by atoms with E-state index in [1.54, 1.807) is 24.4 Å². The van der Waals surface area contributed by atoms with Crippen molar-refractivity contribution in [2.24, 2.45) is 0 Å². The van der Waals surface area contributed by atoms with Gasteiger partial charge in [-0.15, -0.1) is 0 Å². The molecular formula is C31H29FN8O4. The first-order valence-electron chi connectivity index (χ1n) is 14.6. The number of nitrogens with one attached hydrogen (secondary N) is 1. The number of hydrogen-bond acceptors (Lipinski definition) is 10. The van der Waals surface area contributed by atoms with Crippen LogP contribution in [0, 0.1) is 17.1 Å². The molecular weight excluding hydrogens is 567 g/mol. The minimum atomic E-state index is -0.633. The minimum Gasteiger partial charge on any atom is -0.473 e. The van der Waals surface area contributed by atoms with E-state index in [0.717, 1.165) is 61.5 Å². The number of benzene rings is 1. The molecule has 0 amide bonds. The van der Waals surface area contributed by atoms with Gasteiger partial charge >= 0.3 is 5.76 Å². The maximum atomic E-state index is 14.3. The molecule has 0 saturated carbocycles. The van der Waals surface area contributed by atoms with Crippen LogP contribution in [0.25, 0.3) is 22.6 Å². The Kier molecular flexibility index (Phi) is 7.59. The number of nitriles is 1. The van der Waals surface area contributed by atoms with Gasteiger partial charge in [0, 0.05) is 29.8 Å². The number of ether oxygens (including phenoxy) is 2. The first kappa shape index (κ1) is 27.9. The van der Waals surface area contributed by atoms with E-state index in [4.69, 9.17) is 24.7 Å². The van der Waals surface area contributed by atoms with Gasteiger partial charge in [0.2, 0.25) is 11.7 Å². The van der Waals surface area contributed by atoms with Gasteiger partial charge in [0.05, 0.1) is 48.1 Å². The number of aromatic amines is 1. The van der Waals surface area contributed by atoms with Gasteiger partial charge in [-0.1, -0.05) is 17.3 Å². The summed E-state index contributed by atoms with van der Waals surface area (Å²) >= 11 is 0. The first-order valence-corrected chi connectivity index (χ1v) is 14.6. The summed E-state index contributed by atoms with van der Waals surface area (Å²) in [6.07, 6.45) is 4.78. The zero-order chi connectivity index (χ0) is 30.0. The van der Waals surface area contributed by atoms with Gasteiger partial charge in [0.15, 0.2) is 0 Å². The monoisotopic (exact) mass is 596 g/mol. The van der Waals surface area contributed by atoms with Crippen LogP contribution in [0.5, 0.6) is 5.88 Å². The fraction of sp³-hybridized carbons (Fsp3) is 0.355. The van der Waals surface area contributed by atoms with E-state index in [0.29, 0.717) is 30.2 Å². The van der Waals surface area contributed by atoms with Crippen molar-refractivity contribution in [1.29, 1.82) is 5.26 Å². The molecule has 7 rings (SSSR count). The Balaban J connectivity index is 1.02. The summed E-state index contributed by atoms with van der Waals surface area (Å²) in [6.45, 7) is 3.94. The predicted molar refractivity (Wildman–Crippen MR) is 155 cm³/mol. The molecule has 13 heteroatoms. The average molecular weight is 597 g/mol. The van der Waals surface area contributed by atoms with Gasteiger partial charge in [-0.3, -0.25) is 19.4 Å². The molecule has 0 unspecified atom stereocenters. The van der Waals surface area contributed by atoms with Crippen LogP contribution in [-0.2, 0) is 24.4 Å². The molecule has 2 fully saturated rings. The van der Waals surface area contributed by atoms with Gasteiger partial charge in [-0.25, -0.2) is 19.2 Å². The highest BCUT2D eigenvalue weighted by Crippen LogP contribution is 2.30. The van der Waals surface area contributed by atoms with Crippen LogP contribution in [0.4, 0.5) is 4.39 Å². The second-order valence-corrected chi connectivity index (χ2v) is 11.1. The number of halogens is 1. The Morgan fingerprint density at radius 1 is 1.14 bits per heavy atom. The largest absolute Gasteiger partial charge is 0.473 e. The van der Waals surface area contributed by atoms with Gasteiger partial charge in [0.25, 0.3) is 0 Å². The van der Waals surface area contributed by atoms with Crippen LogP contribution in [0.15, 0.2) is 58.0 Å². The fourth-order valence-electron chi connectivity index (χ4n) is 5.71. The highest BCUT2D eigenvalue weighted by Gasteiger charge is 2.26. The predicted octanol–water partition coefficient (Wildman–Crippen LogP) is 3.93. The molecule has 12 nitrogen and oxygen atoms in total. The summed E-state index contributed by atoms with van der Waals surface area (Å²) in [6, 6.07) is 13.8. The molecule has 1 N–H and O–H groups in total. The average Bonchev–Trinajstić information content (AvgIpc) is 3.61. The lowest BCUT2D eigenvalue weighted by atomic mass is 9.93. The summed E-state index contributed by atoms with van der Waals surface area (Å²) in [4.78, 5) is 30.6. The molecule has 224 valence electrons. The maximum absolute atomic E-state index is 14.3. The molecule has 2 aliphatic rings. The molecule has 44 heavy (non-hydrogen) atoms. The maximum Gasteiger partial charge on any atom is 0.439 e. The number of likely N-dealkylation sites (tertiary alicyclic amines) is 1. The summed E-state index contributed by atoms with van der Waals surface area (Å²) < 4.78 is 32.6. The van der Waals surface area contributed by atoms with Gasteiger partial charge in [0.1, 0.15) is 23.9 Å². The summed E-state index contributed by atoms with van der Waals surface area (Å²) in [5, 5.41) is 12.7. The number of aromatic nitrogens is 6. The molecule has 0 radical (unpaired) electrons. The topological polar surface area (TPSA) is 148 Å². The molecule has 2 saturated heterocycles. The molecule has 0 bridgehead atoms. The van der Waals surface area contributed by atoms with Crippen LogP contribution in [0.3, 0.4) is 0 Å². The van der Waals surface area contributed by atoms with Crippen LogP contribution in [0.2, 0.25) is 0 Å². The second kappa shape index (κ2) is 12.0. The zero-order valence-corrected chi connectivity index (χ0v) is 23.8. The second-order valence-electron chi connectivity index (χ2n) is 11.1. The highest BCUT2D eigenvalue weighted by molar-refractivity contribution is 5.78. The Bertz CT molecular complexity index is 1900. The highest BCUT2D eigenvalue weighted by atomic mass is 19.1. The number of H-pyrrole nitrogens is 1. The fourth-order valence-corrected chi connectivity index (χ4v) is 5.71. The van der Waals surface area contributed by atoms with Crippen molar-refractivity contribution in [2.45, 2.75) is 51.0 Å². The lowest BCUT2D eigenvalue weighted by Crippen LogP contribution is -2.35. The third-order valence-corrected chi connectivity index (χ3v) is 8.25. The van der Waals surface area contributed by atoms with Crippen LogP contribution in [0.1, 0.15) is 47.8 Å². The quantitative estimate of drug-likeness (QED) is 0.265. The Morgan fingerprint density at radius 3 is 2.73 bits per heavy atom. The van der Waals surface area contributed by atoms with Gasteiger partial charge < -0.3 is 14.0 Å². The minimum absolute atomic E-state index is 0.0346. The lowest BCUT2D eigenvalue weighted by molar-refractivity contribution is -0.0592. The molecule has 0 spiro atoms. The molecule has 0 aliphatic carbocycles. The standard InChI is InChI=1S/C31H29FN8O4/c32-23-12-19(14-33)4-5-21(23)18-43-29-3-1-2-24(36-29)20-6-9-39(10-7-20)17-28-35-25-13-26(30-37-31(41)44-38-30)34-15-27(25)40(28)16-22-8-11-42-22/h1-5,12-13,15,20,22H,6-11,16-18H2,(H,37,38,41)/t22-/m0/s1. The summed E-state index contributed by atoms with van der Waals surface area (Å²) in [7, 11) is 0. The number of fused-ring (bicyclic) bond motifs is 1. The summed E-state index contributed by atoms with van der Waals surface area (Å²) in [5.41, 5.74) is 3.77. The van der Waals surface area contributed by atoms with E-state index >= 15 is 0 Å². The molecule has 4 aromatic heterocycles. The molecule has 2 aliphatic heterocycles. The molecule has 6 heterocycles. The number of nitrogens with zero attached hydrogens (tertiary/aromatic N) is 7. The van der Waals surface area contributed by atoms with Crippen molar-refractivity contribution >= 4 is 11.0 Å². The van der Waals surface area contributed by atoms with Gasteiger partial charge in [-0.2, -0.15) is 5.26 Å². The SMILES string of the molecule is N#Cc1ccc(COc2cccc(C3CCN(Cc4nc5cc(-c6noc(=O)[nH]6)ncc5n4C[C@@H]4CCO4)CC3)n2)c(F)c1. The smallest absolute Gasteiger partial charge is 0.439 e. The van der Waals surface area contributed by atoms with E-state index in [2.05, 4.69) is 29.1 Å². The van der Waals surface area contributed by atoms with Crippen molar-refractivity contribution in [3.63, 3.8) is 0 Å². The zero-order valence-electron chi connectivity index (χ0n) is 23.8. The van der Waals surface area contributed by atoms with Crippen molar-refractivity contribution in [3.8, 4) is 23.5 Å². The third-order valence-electron chi connectivity index (χ3n) is 8.25. The van der Waals surface area contributed by atoms with Gasteiger partial charge in [-0.05, 0) is 56.6 Å². The Labute approximate surface area is 251 Å². The van der Waals surface area contributed by atoms with Crippen LogP contribution < -0.4 is 10.5 Å². The van der Waals surface area contributed by atoms with Crippen molar-refractivity contribution < 1.29 is 18.4 Å². The lowest BCUT2D eigenvalue weighted by Gasteiger charge is -2.32. The van der Waals surface area contributed by atoms with E-state index in [1.807, 2.05) is 24.3 Å². The van der Waals surface area contributed by atoms with Crippen LogP contribution >= 0.6 is 0 Å². The third kappa shape index (κ3) is 5.82. The molecule has 5 aromatic rings. The van der Waals surface area contributed by atoms with Crippen LogP contribution in [-0.4, -0.2) is 60.4 Å². The van der Waals surface area contributed by atoms with E-state index in [9.17, 15) is 9.18 Å². The summed E-state index contributed by atoms with van der Waals surface area (Å²) in [5.74, 6) is 0.825. The van der Waals surface area contributed by atoms with E-state index in [1.165, 1.54) is 6.07 Å². The van der Waals surface area contributed by atoms with E-state index < -0.39 is 11.6 Å². The van der Waals surface area contributed by atoms with E-state index in [-0.39, 0.29) is 30.0 Å². The number of pyridine rings is 2. The first-order chi connectivity index (χ1) is 21.5. The molecule has 1 atom stereocenters. The normalized spacial score (nSPS) is 17.4. The number of rotatable bonds is 9. The Hall–Kier alpha value is -4.93. The molecule has 1 aromatic carbocycles. The number of piperidine rings is 1. The Morgan fingerprint density at radius 2 is 2.00 bits per heavy atom. The van der Waals surface area contributed by atoms with Crippen molar-refractivity contribution in [2.75, 3.05) is 19.7 Å². The van der Waals surface area contributed by atoms with Crippen molar-refractivity contribution in [3.05, 3.63) is 87.7 Å². The van der Waals surface area contributed by atoms with Crippen molar-refractivity contribution in [1.82, 2.24) is 34.6 Å².